The lowest BCUT2D eigenvalue weighted by Gasteiger charge is -2.10. The van der Waals surface area contributed by atoms with Crippen molar-refractivity contribution in [1.29, 1.82) is 0 Å². The lowest BCUT2D eigenvalue weighted by atomic mass is 9.95. The lowest BCUT2D eigenvalue weighted by molar-refractivity contribution is 0.706. The van der Waals surface area contributed by atoms with Gasteiger partial charge in [0.05, 0.1) is 0 Å². The Balaban J connectivity index is 2.21. The maximum Gasteiger partial charge on any atom is 0.0483 e. The highest BCUT2D eigenvalue weighted by molar-refractivity contribution is 5.86. The monoisotopic (exact) mass is 228 g/mol. The van der Waals surface area contributed by atoms with Crippen molar-refractivity contribution in [2.24, 2.45) is 12.8 Å². The van der Waals surface area contributed by atoms with Crippen molar-refractivity contribution in [3.63, 3.8) is 0 Å². The van der Waals surface area contributed by atoms with E-state index in [9.17, 15) is 0 Å². The fraction of sp³-hybridized carbons (Fsp3) is 0.467. The van der Waals surface area contributed by atoms with Gasteiger partial charge in [0.15, 0.2) is 0 Å². The van der Waals surface area contributed by atoms with Crippen LogP contribution >= 0.6 is 0 Å². The molecule has 3 rings (SSSR count). The SMILES string of the molecule is CCc1ccc2c(C3(CN)CC3)cn(C)c2c1. The van der Waals surface area contributed by atoms with E-state index in [0.717, 1.165) is 13.0 Å². The maximum atomic E-state index is 5.95. The molecule has 0 bridgehead atoms. The molecule has 1 aromatic carbocycles. The normalized spacial score (nSPS) is 17.6. The maximum absolute atomic E-state index is 5.95. The van der Waals surface area contributed by atoms with Crippen LogP contribution in [0.25, 0.3) is 10.9 Å². The summed E-state index contributed by atoms with van der Waals surface area (Å²) in [4.78, 5) is 0. The van der Waals surface area contributed by atoms with Gasteiger partial charge in [0.1, 0.15) is 0 Å². The Kier molecular flexibility index (Phi) is 2.30. The Bertz CT molecular complexity index is 562. The summed E-state index contributed by atoms with van der Waals surface area (Å²) in [5.74, 6) is 0. The molecular formula is C15H20N2. The molecule has 0 aliphatic heterocycles. The predicted molar refractivity (Wildman–Crippen MR) is 72.3 cm³/mol. The zero-order chi connectivity index (χ0) is 12.0. The Morgan fingerprint density at radius 1 is 1.35 bits per heavy atom. The molecule has 0 atom stereocenters. The van der Waals surface area contributed by atoms with E-state index in [-0.39, 0.29) is 5.41 Å². The number of rotatable bonds is 3. The van der Waals surface area contributed by atoms with Crippen LogP contribution in [0, 0.1) is 0 Å². The number of hydrogen-bond acceptors (Lipinski definition) is 1. The van der Waals surface area contributed by atoms with Crippen LogP contribution in [0.1, 0.15) is 30.9 Å². The Hall–Kier alpha value is -1.28. The number of aromatic nitrogens is 1. The van der Waals surface area contributed by atoms with Crippen LogP contribution in [-0.2, 0) is 18.9 Å². The number of aryl methyl sites for hydroxylation is 2. The highest BCUT2D eigenvalue weighted by Gasteiger charge is 2.44. The molecule has 1 saturated carbocycles. The van der Waals surface area contributed by atoms with Gasteiger partial charge in [-0.05, 0) is 36.5 Å². The molecule has 2 N–H and O–H groups in total. The average Bonchev–Trinajstić information content (AvgIpc) is 3.10. The van der Waals surface area contributed by atoms with E-state index in [2.05, 4.69) is 42.9 Å². The van der Waals surface area contributed by atoms with Crippen molar-refractivity contribution in [2.45, 2.75) is 31.6 Å². The first-order valence-corrected chi connectivity index (χ1v) is 6.49. The summed E-state index contributed by atoms with van der Waals surface area (Å²) in [6.07, 6.45) is 5.87. The molecule has 0 spiro atoms. The minimum atomic E-state index is 0.285. The number of nitrogens with two attached hydrogens (primary N) is 1. The van der Waals surface area contributed by atoms with Gasteiger partial charge in [0.25, 0.3) is 0 Å². The Labute approximate surface area is 102 Å². The predicted octanol–water partition coefficient (Wildman–Crippen LogP) is 2.73. The molecule has 2 aromatic rings. The first-order chi connectivity index (χ1) is 8.20. The second kappa shape index (κ2) is 3.61. The summed E-state index contributed by atoms with van der Waals surface area (Å²) in [5.41, 5.74) is 10.4. The third kappa shape index (κ3) is 1.51. The minimum Gasteiger partial charge on any atom is -0.350 e. The van der Waals surface area contributed by atoms with Crippen molar-refractivity contribution in [3.8, 4) is 0 Å². The summed E-state index contributed by atoms with van der Waals surface area (Å²) < 4.78 is 2.25. The van der Waals surface area contributed by atoms with Crippen molar-refractivity contribution in [3.05, 3.63) is 35.5 Å². The van der Waals surface area contributed by atoms with E-state index in [0.29, 0.717) is 0 Å². The zero-order valence-corrected chi connectivity index (χ0v) is 10.7. The van der Waals surface area contributed by atoms with Gasteiger partial charge in [-0.25, -0.2) is 0 Å². The van der Waals surface area contributed by atoms with Crippen LogP contribution in [0.4, 0.5) is 0 Å². The Morgan fingerprint density at radius 2 is 2.12 bits per heavy atom. The largest absolute Gasteiger partial charge is 0.350 e. The summed E-state index contributed by atoms with van der Waals surface area (Å²) in [6, 6.07) is 6.84. The molecule has 90 valence electrons. The van der Waals surface area contributed by atoms with Gasteiger partial charge in [-0.2, -0.15) is 0 Å². The summed E-state index contributed by atoms with van der Waals surface area (Å²) in [6.45, 7) is 2.98. The molecule has 1 fully saturated rings. The highest BCUT2D eigenvalue weighted by Crippen LogP contribution is 2.49. The molecule has 1 aliphatic rings. The van der Waals surface area contributed by atoms with E-state index >= 15 is 0 Å². The second-order valence-electron chi connectivity index (χ2n) is 5.34. The molecule has 0 unspecified atom stereocenters. The van der Waals surface area contributed by atoms with Crippen LogP contribution < -0.4 is 5.73 Å². The molecule has 2 nitrogen and oxygen atoms in total. The van der Waals surface area contributed by atoms with E-state index < -0.39 is 0 Å². The Morgan fingerprint density at radius 3 is 2.71 bits per heavy atom. The van der Waals surface area contributed by atoms with Gasteiger partial charge in [0.2, 0.25) is 0 Å². The van der Waals surface area contributed by atoms with Crippen molar-refractivity contribution in [1.82, 2.24) is 4.57 Å². The van der Waals surface area contributed by atoms with Gasteiger partial charge in [-0.3, -0.25) is 0 Å². The quantitative estimate of drug-likeness (QED) is 0.860. The average molecular weight is 228 g/mol. The second-order valence-corrected chi connectivity index (χ2v) is 5.34. The molecule has 1 heterocycles. The third-order valence-electron chi connectivity index (χ3n) is 4.28. The first-order valence-electron chi connectivity index (χ1n) is 6.49. The topological polar surface area (TPSA) is 30.9 Å². The lowest BCUT2D eigenvalue weighted by Crippen LogP contribution is -2.19. The molecule has 2 heteroatoms. The van der Waals surface area contributed by atoms with Crippen LogP contribution in [0.3, 0.4) is 0 Å². The smallest absolute Gasteiger partial charge is 0.0483 e. The van der Waals surface area contributed by atoms with E-state index in [1.54, 1.807) is 0 Å². The molecule has 1 aliphatic carbocycles. The van der Waals surface area contributed by atoms with Crippen molar-refractivity contribution < 1.29 is 0 Å². The third-order valence-corrected chi connectivity index (χ3v) is 4.28. The van der Waals surface area contributed by atoms with Gasteiger partial charge in [-0.1, -0.05) is 19.1 Å². The van der Waals surface area contributed by atoms with Crippen LogP contribution in [0.2, 0.25) is 0 Å². The van der Waals surface area contributed by atoms with Gasteiger partial charge in [0, 0.05) is 36.1 Å². The minimum absolute atomic E-state index is 0.285. The van der Waals surface area contributed by atoms with E-state index in [1.807, 2.05) is 0 Å². The van der Waals surface area contributed by atoms with Crippen molar-refractivity contribution >= 4 is 10.9 Å². The van der Waals surface area contributed by atoms with Crippen molar-refractivity contribution in [2.75, 3.05) is 6.54 Å². The van der Waals surface area contributed by atoms with E-state index in [1.165, 1.54) is 34.9 Å². The van der Waals surface area contributed by atoms with Gasteiger partial charge in [-0.15, -0.1) is 0 Å². The van der Waals surface area contributed by atoms with E-state index in [4.69, 9.17) is 5.73 Å². The van der Waals surface area contributed by atoms with Gasteiger partial charge >= 0.3 is 0 Å². The molecule has 0 radical (unpaired) electrons. The molecule has 0 saturated heterocycles. The van der Waals surface area contributed by atoms with Crippen LogP contribution in [0.5, 0.6) is 0 Å². The molecule has 17 heavy (non-hydrogen) atoms. The number of benzene rings is 1. The first kappa shape index (κ1) is 10.8. The summed E-state index contributed by atoms with van der Waals surface area (Å²) >= 11 is 0. The summed E-state index contributed by atoms with van der Waals surface area (Å²) in [5, 5.41) is 1.40. The molecule has 1 aromatic heterocycles. The molecular weight excluding hydrogens is 208 g/mol. The zero-order valence-electron chi connectivity index (χ0n) is 10.7. The highest BCUT2D eigenvalue weighted by atomic mass is 14.9. The number of nitrogens with zero attached hydrogens (tertiary/aromatic N) is 1. The number of fused-ring (bicyclic) bond motifs is 1. The molecule has 0 amide bonds. The van der Waals surface area contributed by atoms with Gasteiger partial charge < -0.3 is 10.3 Å². The van der Waals surface area contributed by atoms with Crippen LogP contribution in [-0.4, -0.2) is 11.1 Å². The standard InChI is InChI=1S/C15H20N2/c1-3-11-4-5-12-13(15(10-16)6-7-15)9-17(2)14(12)8-11/h4-5,8-9H,3,6-7,10,16H2,1-2H3. The fourth-order valence-corrected chi connectivity index (χ4v) is 2.81. The number of hydrogen-bond donors (Lipinski definition) is 1. The fourth-order valence-electron chi connectivity index (χ4n) is 2.81. The summed E-state index contributed by atoms with van der Waals surface area (Å²) in [7, 11) is 2.14. The van der Waals surface area contributed by atoms with Crippen LogP contribution in [0.15, 0.2) is 24.4 Å².